The Morgan fingerprint density at radius 2 is 1.95 bits per heavy atom. The van der Waals surface area contributed by atoms with Crippen LogP contribution in [0.3, 0.4) is 0 Å². The molecule has 0 aliphatic heterocycles. The van der Waals surface area contributed by atoms with Gasteiger partial charge in [0, 0.05) is 30.4 Å². The monoisotopic (exact) mass is 280 g/mol. The molecular formula is C13H13ClN2O3. The Kier molecular flexibility index (Phi) is 4.06. The van der Waals surface area contributed by atoms with Crippen molar-refractivity contribution in [3.63, 3.8) is 0 Å². The SMILES string of the molecule is CC(=O)NCCNC(=O)c1cc2cc(Cl)ccc2o1. The van der Waals surface area contributed by atoms with Crippen molar-refractivity contribution in [2.24, 2.45) is 0 Å². The van der Waals surface area contributed by atoms with E-state index in [4.69, 9.17) is 16.0 Å². The predicted octanol–water partition coefficient (Wildman–Crippen LogP) is 1.95. The molecular weight excluding hydrogens is 268 g/mol. The van der Waals surface area contributed by atoms with Gasteiger partial charge >= 0.3 is 0 Å². The van der Waals surface area contributed by atoms with Crippen molar-refractivity contribution in [2.75, 3.05) is 13.1 Å². The second-order valence-corrected chi connectivity index (χ2v) is 4.47. The lowest BCUT2D eigenvalue weighted by atomic mass is 10.2. The highest BCUT2D eigenvalue weighted by Gasteiger charge is 2.11. The molecule has 6 heteroatoms. The van der Waals surface area contributed by atoms with E-state index in [0.29, 0.717) is 23.7 Å². The minimum atomic E-state index is -0.322. The molecule has 0 radical (unpaired) electrons. The molecule has 0 unspecified atom stereocenters. The van der Waals surface area contributed by atoms with Crippen LogP contribution >= 0.6 is 11.6 Å². The molecule has 5 nitrogen and oxygen atoms in total. The van der Waals surface area contributed by atoms with Crippen molar-refractivity contribution >= 4 is 34.4 Å². The van der Waals surface area contributed by atoms with E-state index in [1.165, 1.54) is 6.92 Å². The number of hydrogen-bond acceptors (Lipinski definition) is 3. The molecule has 0 fully saturated rings. The van der Waals surface area contributed by atoms with Crippen LogP contribution in [-0.2, 0) is 4.79 Å². The van der Waals surface area contributed by atoms with Gasteiger partial charge < -0.3 is 15.1 Å². The molecule has 100 valence electrons. The fourth-order valence-corrected chi connectivity index (χ4v) is 1.81. The quantitative estimate of drug-likeness (QED) is 0.841. The molecule has 2 N–H and O–H groups in total. The summed E-state index contributed by atoms with van der Waals surface area (Å²) >= 11 is 5.86. The minimum absolute atomic E-state index is 0.132. The summed E-state index contributed by atoms with van der Waals surface area (Å²) in [4.78, 5) is 22.4. The highest BCUT2D eigenvalue weighted by Crippen LogP contribution is 2.22. The van der Waals surface area contributed by atoms with Crippen molar-refractivity contribution in [3.05, 3.63) is 35.0 Å². The zero-order valence-electron chi connectivity index (χ0n) is 10.3. The molecule has 1 heterocycles. The third-order valence-electron chi connectivity index (χ3n) is 2.49. The molecule has 0 saturated carbocycles. The van der Waals surface area contributed by atoms with E-state index in [-0.39, 0.29) is 17.6 Å². The Hall–Kier alpha value is -2.01. The van der Waals surface area contributed by atoms with Gasteiger partial charge in [-0.15, -0.1) is 0 Å². The molecule has 0 aliphatic carbocycles. The van der Waals surface area contributed by atoms with E-state index in [2.05, 4.69) is 10.6 Å². The number of amides is 2. The lowest BCUT2D eigenvalue weighted by Gasteiger charge is -2.03. The normalized spacial score (nSPS) is 10.4. The molecule has 19 heavy (non-hydrogen) atoms. The standard InChI is InChI=1S/C13H13ClN2O3/c1-8(17)15-4-5-16-13(18)12-7-9-6-10(14)2-3-11(9)19-12/h2-3,6-7H,4-5H2,1H3,(H,15,17)(H,16,18). The minimum Gasteiger partial charge on any atom is -0.451 e. The molecule has 2 amide bonds. The molecule has 0 spiro atoms. The Balaban J connectivity index is 1.99. The van der Waals surface area contributed by atoms with Gasteiger partial charge in [0.15, 0.2) is 5.76 Å². The molecule has 0 aliphatic rings. The van der Waals surface area contributed by atoms with Crippen LogP contribution in [-0.4, -0.2) is 24.9 Å². The summed E-state index contributed by atoms with van der Waals surface area (Å²) in [7, 11) is 0. The summed E-state index contributed by atoms with van der Waals surface area (Å²) in [6.45, 7) is 2.15. The lowest BCUT2D eigenvalue weighted by molar-refractivity contribution is -0.118. The van der Waals surface area contributed by atoms with Gasteiger partial charge in [-0.25, -0.2) is 0 Å². The fourth-order valence-electron chi connectivity index (χ4n) is 1.63. The van der Waals surface area contributed by atoms with E-state index in [1.54, 1.807) is 24.3 Å². The van der Waals surface area contributed by atoms with Gasteiger partial charge in [0.25, 0.3) is 5.91 Å². The predicted molar refractivity (Wildman–Crippen MR) is 72.2 cm³/mol. The van der Waals surface area contributed by atoms with Gasteiger partial charge in [-0.2, -0.15) is 0 Å². The maximum absolute atomic E-state index is 11.8. The summed E-state index contributed by atoms with van der Waals surface area (Å²) < 4.78 is 5.40. The van der Waals surface area contributed by atoms with Crippen LogP contribution in [0, 0.1) is 0 Å². The third kappa shape index (κ3) is 3.48. The van der Waals surface area contributed by atoms with Crippen LogP contribution in [0.4, 0.5) is 0 Å². The molecule has 1 aromatic carbocycles. The highest BCUT2D eigenvalue weighted by molar-refractivity contribution is 6.31. The molecule has 2 aromatic rings. The second kappa shape index (κ2) is 5.75. The zero-order chi connectivity index (χ0) is 13.8. The molecule has 1 aromatic heterocycles. The Labute approximate surface area is 114 Å². The van der Waals surface area contributed by atoms with Gasteiger partial charge in [-0.05, 0) is 24.3 Å². The number of furan rings is 1. The van der Waals surface area contributed by atoms with Crippen LogP contribution < -0.4 is 10.6 Å². The summed E-state index contributed by atoms with van der Waals surface area (Å²) in [5.41, 5.74) is 0.608. The summed E-state index contributed by atoms with van der Waals surface area (Å²) in [5, 5.41) is 6.60. The van der Waals surface area contributed by atoms with E-state index in [0.717, 1.165) is 5.39 Å². The maximum atomic E-state index is 11.8. The maximum Gasteiger partial charge on any atom is 0.287 e. The fraction of sp³-hybridized carbons (Fsp3) is 0.231. The Morgan fingerprint density at radius 3 is 2.68 bits per heavy atom. The summed E-state index contributed by atoms with van der Waals surface area (Å²) in [6, 6.07) is 6.78. The molecule has 2 rings (SSSR count). The number of hydrogen-bond donors (Lipinski definition) is 2. The van der Waals surface area contributed by atoms with E-state index >= 15 is 0 Å². The topological polar surface area (TPSA) is 71.3 Å². The van der Waals surface area contributed by atoms with Crippen LogP contribution in [0.15, 0.2) is 28.7 Å². The number of fused-ring (bicyclic) bond motifs is 1. The summed E-state index contributed by atoms with van der Waals surface area (Å²) in [5.74, 6) is -0.231. The smallest absolute Gasteiger partial charge is 0.287 e. The largest absolute Gasteiger partial charge is 0.451 e. The molecule has 0 bridgehead atoms. The van der Waals surface area contributed by atoms with E-state index in [9.17, 15) is 9.59 Å². The van der Waals surface area contributed by atoms with Gasteiger partial charge in [0.2, 0.25) is 5.91 Å². The third-order valence-corrected chi connectivity index (χ3v) is 2.72. The van der Waals surface area contributed by atoms with Gasteiger partial charge in [-0.3, -0.25) is 9.59 Å². The summed E-state index contributed by atoms with van der Waals surface area (Å²) in [6.07, 6.45) is 0. The first kappa shape index (κ1) is 13.4. The number of carbonyl (C=O) groups is 2. The van der Waals surface area contributed by atoms with E-state index in [1.807, 2.05) is 0 Å². The Bertz CT molecular complexity index is 621. The van der Waals surface area contributed by atoms with Crippen molar-refractivity contribution in [1.29, 1.82) is 0 Å². The first-order valence-corrected chi connectivity index (χ1v) is 6.16. The number of rotatable bonds is 4. The van der Waals surface area contributed by atoms with Crippen molar-refractivity contribution in [3.8, 4) is 0 Å². The molecule has 0 saturated heterocycles. The van der Waals surface area contributed by atoms with E-state index < -0.39 is 0 Å². The average Bonchev–Trinajstić information content (AvgIpc) is 2.77. The average molecular weight is 281 g/mol. The van der Waals surface area contributed by atoms with Crippen LogP contribution in [0.25, 0.3) is 11.0 Å². The first-order chi connectivity index (χ1) is 9.06. The van der Waals surface area contributed by atoms with Crippen LogP contribution in [0.2, 0.25) is 5.02 Å². The highest BCUT2D eigenvalue weighted by atomic mass is 35.5. The van der Waals surface area contributed by atoms with Crippen molar-refractivity contribution in [1.82, 2.24) is 10.6 Å². The van der Waals surface area contributed by atoms with Crippen molar-refractivity contribution < 1.29 is 14.0 Å². The number of halogens is 1. The number of benzene rings is 1. The Morgan fingerprint density at radius 1 is 1.21 bits per heavy atom. The number of carbonyl (C=O) groups excluding carboxylic acids is 2. The zero-order valence-corrected chi connectivity index (χ0v) is 11.1. The van der Waals surface area contributed by atoms with Gasteiger partial charge in [0.1, 0.15) is 5.58 Å². The van der Waals surface area contributed by atoms with Gasteiger partial charge in [0.05, 0.1) is 0 Å². The van der Waals surface area contributed by atoms with Crippen molar-refractivity contribution in [2.45, 2.75) is 6.92 Å². The number of nitrogens with one attached hydrogen (secondary N) is 2. The lowest BCUT2D eigenvalue weighted by Crippen LogP contribution is -2.33. The van der Waals surface area contributed by atoms with Crippen LogP contribution in [0.1, 0.15) is 17.5 Å². The first-order valence-electron chi connectivity index (χ1n) is 5.78. The second-order valence-electron chi connectivity index (χ2n) is 4.03. The van der Waals surface area contributed by atoms with Crippen LogP contribution in [0.5, 0.6) is 0 Å². The van der Waals surface area contributed by atoms with Gasteiger partial charge in [-0.1, -0.05) is 11.6 Å². The molecule has 0 atom stereocenters.